The lowest BCUT2D eigenvalue weighted by Gasteiger charge is -2.21. The van der Waals surface area contributed by atoms with E-state index in [1.165, 1.54) is 24.3 Å². The molecular formula is C28H30ClF3N4O2S. The van der Waals surface area contributed by atoms with Crippen LogP contribution in [0, 0.1) is 24.4 Å². The minimum atomic E-state index is -1.30. The monoisotopic (exact) mass is 578 g/mol. The molecule has 0 heterocycles. The first-order valence-corrected chi connectivity index (χ1v) is 13.6. The normalized spacial score (nSPS) is 13.3. The van der Waals surface area contributed by atoms with Crippen molar-refractivity contribution in [1.29, 1.82) is 0 Å². The van der Waals surface area contributed by atoms with E-state index >= 15 is 13.2 Å². The number of rotatable bonds is 10. The zero-order valence-corrected chi connectivity index (χ0v) is 23.5. The molecule has 208 valence electrons. The average molecular weight is 579 g/mol. The van der Waals surface area contributed by atoms with E-state index in [1.54, 1.807) is 51.1 Å². The van der Waals surface area contributed by atoms with E-state index < -0.39 is 34.6 Å². The van der Waals surface area contributed by atoms with Crippen molar-refractivity contribution in [1.82, 2.24) is 10.2 Å². The highest BCUT2D eigenvalue weighted by molar-refractivity contribution is 7.98. The van der Waals surface area contributed by atoms with Gasteiger partial charge in [0.25, 0.3) is 5.91 Å². The Hall–Kier alpha value is -2.92. The number of halogens is 4. The molecule has 39 heavy (non-hydrogen) atoms. The molecule has 1 aliphatic carbocycles. The first kappa shape index (κ1) is 29.1. The van der Waals surface area contributed by atoms with Gasteiger partial charge in [0, 0.05) is 24.6 Å². The van der Waals surface area contributed by atoms with Crippen LogP contribution in [0.2, 0.25) is 5.02 Å². The Morgan fingerprint density at radius 3 is 2.44 bits per heavy atom. The predicted molar refractivity (Wildman–Crippen MR) is 151 cm³/mol. The fourth-order valence-corrected chi connectivity index (χ4v) is 4.60. The van der Waals surface area contributed by atoms with Crippen molar-refractivity contribution in [3.63, 3.8) is 0 Å². The van der Waals surface area contributed by atoms with Crippen LogP contribution in [0.1, 0.15) is 60.7 Å². The van der Waals surface area contributed by atoms with Crippen molar-refractivity contribution in [3.05, 3.63) is 87.2 Å². The molecule has 4 rings (SSSR count). The number of anilines is 3. The minimum absolute atomic E-state index is 0.130. The van der Waals surface area contributed by atoms with Crippen molar-refractivity contribution in [2.75, 3.05) is 10.0 Å². The van der Waals surface area contributed by atoms with E-state index in [0.29, 0.717) is 6.04 Å². The summed E-state index contributed by atoms with van der Waals surface area (Å²) >= 11 is 7.46. The second-order valence-electron chi connectivity index (χ2n) is 10.4. The van der Waals surface area contributed by atoms with Gasteiger partial charge in [-0.1, -0.05) is 29.8 Å². The van der Waals surface area contributed by atoms with E-state index in [0.717, 1.165) is 18.4 Å². The molecule has 1 amide bonds. The van der Waals surface area contributed by atoms with Gasteiger partial charge in [-0.05, 0) is 81.5 Å². The predicted octanol–water partition coefficient (Wildman–Crippen LogP) is 7.59. The fraction of sp³-hybridized carbons (Fsp3) is 0.321. The van der Waals surface area contributed by atoms with E-state index in [4.69, 9.17) is 16.4 Å². The molecule has 0 spiro atoms. The number of hydrogen-bond acceptors (Lipinski definition) is 6. The lowest BCUT2D eigenvalue weighted by molar-refractivity contribution is -0.0589. The summed E-state index contributed by atoms with van der Waals surface area (Å²) in [7, 11) is 0. The number of hydrogen-bond donors (Lipinski definition) is 4. The van der Waals surface area contributed by atoms with Gasteiger partial charge in [0.05, 0.1) is 33.2 Å². The number of benzene rings is 3. The van der Waals surface area contributed by atoms with Gasteiger partial charge in [-0.2, -0.15) is 0 Å². The second-order valence-corrected chi connectivity index (χ2v) is 11.4. The van der Waals surface area contributed by atoms with Crippen LogP contribution in [-0.4, -0.2) is 17.6 Å². The van der Waals surface area contributed by atoms with Crippen LogP contribution in [-0.2, 0) is 11.3 Å². The van der Waals surface area contributed by atoms with Crippen molar-refractivity contribution in [2.24, 2.45) is 0 Å². The molecule has 1 fully saturated rings. The summed E-state index contributed by atoms with van der Waals surface area (Å²) < 4.78 is 52.3. The number of amides is 1. The van der Waals surface area contributed by atoms with Crippen molar-refractivity contribution >= 4 is 46.7 Å². The van der Waals surface area contributed by atoms with Crippen molar-refractivity contribution in [2.45, 2.75) is 58.6 Å². The highest BCUT2D eigenvalue weighted by Crippen LogP contribution is 2.34. The molecule has 0 bridgehead atoms. The summed E-state index contributed by atoms with van der Waals surface area (Å²) in [5.41, 5.74) is 2.17. The molecule has 1 aliphatic rings. The van der Waals surface area contributed by atoms with Crippen LogP contribution in [0.4, 0.5) is 30.2 Å². The Bertz CT molecular complexity index is 1380. The lowest BCUT2D eigenvalue weighted by atomic mass is 9.99. The second kappa shape index (κ2) is 12.1. The van der Waals surface area contributed by atoms with Gasteiger partial charge in [0.15, 0.2) is 17.5 Å². The molecule has 3 aromatic carbocycles. The highest BCUT2D eigenvalue weighted by Gasteiger charge is 2.26. The molecule has 0 atom stereocenters. The maximum Gasteiger partial charge on any atom is 0.277 e. The maximum atomic E-state index is 15.6. The van der Waals surface area contributed by atoms with Crippen molar-refractivity contribution < 1.29 is 22.8 Å². The first-order chi connectivity index (χ1) is 18.4. The molecule has 1 saturated carbocycles. The number of nitrogens with one attached hydrogen (secondary N) is 4. The first-order valence-electron chi connectivity index (χ1n) is 12.4. The Morgan fingerprint density at radius 1 is 1.03 bits per heavy atom. The smallest absolute Gasteiger partial charge is 0.277 e. The molecule has 0 unspecified atom stereocenters. The van der Waals surface area contributed by atoms with Gasteiger partial charge >= 0.3 is 0 Å². The fourth-order valence-electron chi connectivity index (χ4n) is 3.59. The number of aryl methyl sites for hydroxylation is 1. The topological polar surface area (TPSA) is 74.4 Å². The summed E-state index contributed by atoms with van der Waals surface area (Å²) in [6.07, 6.45) is 1.84. The molecule has 0 aliphatic heterocycles. The van der Waals surface area contributed by atoms with Gasteiger partial charge in [-0.15, -0.1) is 0 Å². The number of carbonyl (C=O) groups is 1. The zero-order valence-electron chi connectivity index (χ0n) is 22.0. The molecular weight excluding hydrogens is 549 g/mol. The van der Waals surface area contributed by atoms with Crippen LogP contribution in [0.5, 0.6) is 0 Å². The third-order valence-corrected chi connectivity index (χ3v) is 6.87. The lowest BCUT2D eigenvalue weighted by Crippen LogP contribution is -2.34. The van der Waals surface area contributed by atoms with E-state index in [9.17, 15) is 4.79 Å². The molecule has 0 radical (unpaired) electrons. The van der Waals surface area contributed by atoms with Gasteiger partial charge in [-0.3, -0.25) is 9.63 Å². The molecule has 0 aromatic heterocycles. The third kappa shape index (κ3) is 7.60. The minimum Gasteiger partial charge on any atom is -0.351 e. The van der Waals surface area contributed by atoms with Gasteiger partial charge < -0.3 is 10.0 Å². The summed E-state index contributed by atoms with van der Waals surface area (Å²) in [6, 6.07) is 11.2. The standard InChI is InChI=1S/C28H30ClF3N4O2S/c1-15-8-11-21(20(29)12-15)33-26-19(27(37)34-38-28(2,3)4)14-17(24(31)25(26)32)13-16-6-5-7-22(23(16)30)36-39-35-18-9-10-18/h5-8,11-12,14,18,33,35-36H,9-10,13H2,1-4H3,(H,34,37). The number of carbonyl (C=O) groups excluding carboxylic acids is 1. The summed E-state index contributed by atoms with van der Waals surface area (Å²) in [6.45, 7) is 6.99. The van der Waals surface area contributed by atoms with Crippen LogP contribution >= 0.6 is 23.7 Å². The summed E-state index contributed by atoms with van der Waals surface area (Å²) in [5, 5.41) is 3.01. The Labute approximate surface area is 235 Å². The van der Waals surface area contributed by atoms with E-state index in [1.807, 2.05) is 6.92 Å². The highest BCUT2D eigenvalue weighted by atomic mass is 35.5. The van der Waals surface area contributed by atoms with E-state index in [2.05, 4.69) is 20.2 Å². The largest absolute Gasteiger partial charge is 0.351 e. The SMILES string of the molecule is Cc1ccc(Nc2c(C(=O)NOC(C)(C)C)cc(Cc3cccc(NSNC4CC4)c3F)c(F)c2F)c(Cl)c1. The maximum absolute atomic E-state index is 15.6. The van der Waals surface area contributed by atoms with Crippen LogP contribution in [0.3, 0.4) is 0 Å². The van der Waals surface area contributed by atoms with Crippen LogP contribution < -0.4 is 20.2 Å². The van der Waals surface area contributed by atoms with Crippen LogP contribution in [0.25, 0.3) is 0 Å². The molecule has 3 aromatic rings. The van der Waals surface area contributed by atoms with Gasteiger partial charge in [0.1, 0.15) is 0 Å². The Balaban J connectivity index is 1.68. The number of hydroxylamine groups is 1. The molecule has 11 heteroatoms. The summed E-state index contributed by atoms with van der Waals surface area (Å²) in [5.74, 6) is -3.92. The van der Waals surface area contributed by atoms with E-state index in [-0.39, 0.29) is 39.5 Å². The Kier molecular flexibility index (Phi) is 9.00. The Morgan fingerprint density at radius 2 is 1.77 bits per heavy atom. The van der Waals surface area contributed by atoms with Crippen molar-refractivity contribution in [3.8, 4) is 0 Å². The average Bonchev–Trinajstić information content (AvgIpc) is 3.69. The molecule has 6 nitrogen and oxygen atoms in total. The van der Waals surface area contributed by atoms with Crippen LogP contribution in [0.15, 0.2) is 42.5 Å². The van der Waals surface area contributed by atoms with Gasteiger partial charge in [0.2, 0.25) is 0 Å². The van der Waals surface area contributed by atoms with Gasteiger partial charge in [-0.25, -0.2) is 23.4 Å². The zero-order chi connectivity index (χ0) is 28.3. The summed E-state index contributed by atoms with van der Waals surface area (Å²) in [4.78, 5) is 18.5. The molecule has 0 saturated heterocycles. The molecule has 4 N–H and O–H groups in total. The quantitative estimate of drug-likeness (QED) is 0.147. The third-order valence-electron chi connectivity index (χ3n) is 5.78.